The molecule has 0 aliphatic heterocycles. The van der Waals surface area contributed by atoms with Gasteiger partial charge in [-0.25, -0.2) is 4.98 Å². The summed E-state index contributed by atoms with van der Waals surface area (Å²) in [6.45, 7) is 2.13. The Hall–Kier alpha value is -2.76. The van der Waals surface area contributed by atoms with Crippen molar-refractivity contribution in [2.45, 2.75) is 25.9 Å². The largest absolute Gasteiger partial charge is 0.394 e. The molecule has 2 amide bonds. The third-order valence-corrected chi connectivity index (χ3v) is 6.72. The van der Waals surface area contributed by atoms with E-state index in [9.17, 15) is 14.7 Å². The minimum atomic E-state index is -0.362. The van der Waals surface area contributed by atoms with Crippen LogP contribution in [0.3, 0.4) is 0 Å². The number of fused-ring (bicyclic) bond motifs is 1. The molecule has 33 heavy (non-hydrogen) atoms. The average molecular weight is 574 g/mol. The number of nitrogens with one attached hydrogen (secondary N) is 2. The fourth-order valence-corrected chi connectivity index (χ4v) is 4.47. The van der Waals surface area contributed by atoms with Crippen LogP contribution in [-0.2, 0) is 6.54 Å². The predicted octanol–water partition coefficient (Wildman–Crippen LogP) is 4.10. The molecule has 0 aliphatic carbocycles. The van der Waals surface area contributed by atoms with Crippen molar-refractivity contribution >= 4 is 51.4 Å². The van der Waals surface area contributed by atoms with E-state index in [4.69, 9.17) is 4.98 Å². The van der Waals surface area contributed by atoms with Crippen molar-refractivity contribution in [3.05, 3.63) is 79.8 Å². The molecule has 0 spiro atoms. The van der Waals surface area contributed by atoms with Crippen molar-refractivity contribution in [2.24, 2.45) is 0 Å². The number of amides is 2. The zero-order valence-electron chi connectivity index (χ0n) is 17.9. The average Bonchev–Trinajstić information content (AvgIpc) is 3.49. The maximum Gasteiger partial charge on any atom is 0.270 e. The number of aromatic nitrogens is 2. The summed E-state index contributed by atoms with van der Waals surface area (Å²) >= 11 is 3.74. The van der Waals surface area contributed by atoms with Gasteiger partial charge in [-0.1, -0.05) is 19.1 Å². The molecule has 0 saturated carbocycles. The number of rotatable bonds is 8. The first-order valence-electron chi connectivity index (χ1n) is 10.5. The van der Waals surface area contributed by atoms with Crippen LogP contribution in [0, 0.1) is 3.57 Å². The van der Waals surface area contributed by atoms with Crippen molar-refractivity contribution in [1.29, 1.82) is 0 Å². The number of aliphatic hydroxyl groups is 1. The van der Waals surface area contributed by atoms with Gasteiger partial charge in [-0.2, -0.15) is 11.3 Å². The molecule has 0 unspecified atom stereocenters. The maximum absolute atomic E-state index is 13.2. The summed E-state index contributed by atoms with van der Waals surface area (Å²) in [5.74, 6) is -0.615. The molecule has 4 aromatic rings. The van der Waals surface area contributed by atoms with Crippen LogP contribution in [-0.4, -0.2) is 39.0 Å². The Balaban J connectivity index is 1.71. The van der Waals surface area contributed by atoms with E-state index in [-0.39, 0.29) is 24.5 Å². The van der Waals surface area contributed by atoms with Gasteiger partial charge >= 0.3 is 0 Å². The summed E-state index contributed by atoms with van der Waals surface area (Å²) < 4.78 is 2.77. The Morgan fingerprint density at radius 3 is 2.64 bits per heavy atom. The molecule has 3 heterocycles. The molecule has 0 bridgehead atoms. The lowest BCUT2D eigenvalue weighted by molar-refractivity contribution is 0.0907. The lowest BCUT2D eigenvalue weighted by Gasteiger charge is -2.14. The van der Waals surface area contributed by atoms with E-state index in [0.717, 1.165) is 14.7 Å². The number of hydrogen-bond acceptors (Lipinski definition) is 5. The van der Waals surface area contributed by atoms with Gasteiger partial charge < -0.3 is 15.7 Å². The zero-order valence-corrected chi connectivity index (χ0v) is 20.9. The van der Waals surface area contributed by atoms with Crippen molar-refractivity contribution in [2.75, 3.05) is 6.61 Å². The molecular formula is C24H23IN4O3S. The van der Waals surface area contributed by atoms with Gasteiger partial charge in [0.2, 0.25) is 0 Å². The van der Waals surface area contributed by atoms with Gasteiger partial charge in [0.25, 0.3) is 11.8 Å². The second-order valence-corrected chi connectivity index (χ2v) is 9.53. The van der Waals surface area contributed by atoms with Gasteiger partial charge in [-0.3, -0.25) is 14.0 Å². The van der Waals surface area contributed by atoms with Crippen molar-refractivity contribution in [1.82, 2.24) is 20.0 Å². The summed E-state index contributed by atoms with van der Waals surface area (Å²) in [5, 5.41) is 19.2. The minimum absolute atomic E-state index is 0.154. The predicted molar refractivity (Wildman–Crippen MR) is 137 cm³/mol. The highest BCUT2D eigenvalue weighted by molar-refractivity contribution is 14.1. The lowest BCUT2D eigenvalue weighted by atomic mass is 10.1. The zero-order chi connectivity index (χ0) is 23.4. The maximum atomic E-state index is 13.2. The number of nitrogens with zero attached hydrogens (tertiary/aromatic N) is 2. The van der Waals surface area contributed by atoms with Crippen molar-refractivity contribution in [3.8, 4) is 11.3 Å². The molecule has 170 valence electrons. The number of pyridine rings is 1. The molecule has 0 saturated heterocycles. The number of halogens is 1. The molecule has 3 aromatic heterocycles. The number of aliphatic hydroxyl groups excluding tert-OH is 1. The topological polar surface area (TPSA) is 95.7 Å². The summed E-state index contributed by atoms with van der Waals surface area (Å²) in [7, 11) is 0. The van der Waals surface area contributed by atoms with Gasteiger partial charge in [-0.15, -0.1) is 0 Å². The van der Waals surface area contributed by atoms with Crippen molar-refractivity contribution in [3.63, 3.8) is 0 Å². The van der Waals surface area contributed by atoms with Crippen LogP contribution >= 0.6 is 33.9 Å². The highest BCUT2D eigenvalue weighted by atomic mass is 127. The number of hydrogen-bond donors (Lipinski definition) is 3. The second-order valence-electron chi connectivity index (χ2n) is 7.51. The van der Waals surface area contributed by atoms with Gasteiger partial charge in [0.1, 0.15) is 11.4 Å². The van der Waals surface area contributed by atoms with E-state index in [1.165, 1.54) is 11.3 Å². The van der Waals surface area contributed by atoms with E-state index >= 15 is 0 Å². The first kappa shape index (κ1) is 23.4. The fourth-order valence-electron chi connectivity index (χ4n) is 3.47. The SMILES string of the molecule is CC[C@@H](CO)NC(=O)c1c(-c2ccsc2)nc2c(C(=O)NCc3ccc(I)cc3)cccn12. The summed E-state index contributed by atoms with van der Waals surface area (Å²) in [5.41, 5.74) is 3.42. The summed E-state index contributed by atoms with van der Waals surface area (Å²) in [4.78, 5) is 31.0. The van der Waals surface area contributed by atoms with Gasteiger partial charge in [0.05, 0.1) is 18.2 Å². The van der Waals surface area contributed by atoms with E-state index in [2.05, 4.69) is 33.2 Å². The first-order chi connectivity index (χ1) is 16.0. The molecule has 9 heteroatoms. The van der Waals surface area contributed by atoms with Gasteiger partial charge in [0.15, 0.2) is 5.65 Å². The Labute approximate surface area is 209 Å². The van der Waals surface area contributed by atoms with Crippen LogP contribution < -0.4 is 10.6 Å². The Bertz CT molecular complexity index is 1270. The quantitative estimate of drug-likeness (QED) is 0.276. The number of carbonyl (C=O) groups excluding carboxylic acids is 2. The van der Waals surface area contributed by atoms with Crippen LogP contribution in [0.25, 0.3) is 16.9 Å². The monoisotopic (exact) mass is 574 g/mol. The first-order valence-corrected chi connectivity index (χ1v) is 12.5. The van der Waals surface area contributed by atoms with Crippen LogP contribution in [0.15, 0.2) is 59.4 Å². The summed E-state index contributed by atoms with van der Waals surface area (Å²) in [6, 6.07) is 12.9. The third-order valence-electron chi connectivity index (χ3n) is 5.32. The Morgan fingerprint density at radius 2 is 1.97 bits per heavy atom. The normalized spacial score (nSPS) is 12.0. The molecule has 1 atom stereocenters. The van der Waals surface area contributed by atoms with Gasteiger partial charge in [0, 0.05) is 27.3 Å². The Morgan fingerprint density at radius 1 is 1.18 bits per heavy atom. The number of imidazole rings is 1. The number of benzene rings is 1. The van der Waals surface area contributed by atoms with E-state index in [1.54, 1.807) is 22.7 Å². The highest BCUT2D eigenvalue weighted by Crippen LogP contribution is 2.28. The molecule has 4 rings (SSSR count). The van der Waals surface area contributed by atoms with E-state index in [1.807, 2.05) is 48.0 Å². The molecule has 0 aliphatic rings. The van der Waals surface area contributed by atoms with Crippen LogP contribution in [0.5, 0.6) is 0 Å². The van der Waals surface area contributed by atoms with Crippen LogP contribution in [0.2, 0.25) is 0 Å². The van der Waals surface area contributed by atoms with Crippen LogP contribution in [0.4, 0.5) is 0 Å². The lowest BCUT2D eigenvalue weighted by Crippen LogP contribution is -2.37. The molecule has 0 fully saturated rings. The minimum Gasteiger partial charge on any atom is -0.394 e. The van der Waals surface area contributed by atoms with Gasteiger partial charge in [-0.05, 0) is 70.3 Å². The number of thiophene rings is 1. The molecular weight excluding hydrogens is 551 g/mol. The standard InChI is InChI=1S/C24H23IN4O3S/c1-2-18(13-30)27-24(32)21-20(16-9-11-33-14-16)28-22-19(4-3-10-29(21)22)23(31)26-12-15-5-7-17(25)8-6-15/h3-11,14,18,30H,2,12-13H2,1H3,(H,26,31)(H,27,32)/t18-/m0/s1. The summed E-state index contributed by atoms with van der Waals surface area (Å²) in [6.07, 6.45) is 2.32. The fraction of sp³-hybridized carbons (Fsp3) is 0.208. The number of carbonyl (C=O) groups is 2. The molecule has 1 aromatic carbocycles. The molecule has 7 nitrogen and oxygen atoms in total. The second kappa shape index (κ2) is 10.4. The molecule has 3 N–H and O–H groups in total. The molecule has 0 radical (unpaired) electrons. The van der Waals surface area contributed by atoms with Crippen molar-refractivity contribution < 1.29 is 14.7 Å². The highest BCUT2D eigenvalue weighted by Gasteiger charge is 2.25. The third kappa shape index (κ3) is 5.10. The smallest absolute Gasteiger partial charge is 0.270 e. The Kier molecular flexibility index (Phi) is 7.41. The van der Waals surface area contributed by atoms with E-state index in [0.29, 0.717) is 35.6 Å². The van der Waals surface area contributed by atoms with Crippen LogP contribution in [0.1, 0.15) is 39.8 Å². The van der Waals surface area contributed by atoms with E-state index < -0.39 is 0 Å².